The van der Waals surface area contributed by atoms with Crippen molar-refractivity contribution in [3.63, 3.8) is 0 Å². The van der Waals surface area contributed by atoms with E-state index in [-0.39, 0.29) is 40.5 Å². The minimum Gasteiger partial charge on any atom is -0.469 e. The summed E-state index contributed by atoms with van der Waals surface area (Å²) in [6.45, 7) is 6.52. The minimum absolute atomic E-state index is 0.0564. The Balaban J connectivity index is 1.60. The molecule has 31 heavy (non-hydrogen) atoms. The topological polar surface area (TPSA) is 107 Å². The molecule has 4 fully saturated rings. The van der Waals surface area contributed by atoms with Crippen molar-refractivity contribution in [3.8, 4) is 0 Å². The fourth-order valence-electron chi connectivity index (χ4n) is 8.85. The molecule has 4 aliphatic carbocycles. The fraction of sp³-hybridized carbons (Fsp3) is 0.960. The van der Waals surface area contributed by atoms with Gasteiger partial charge in [-0.3, -0.25) is 4.79 Å². The van der Waals surface area contributed by atoms with Crippen LogP contribution in [0.3, 0.4) is 0 Å². The standard InChI is InChI=1S/C25H42O6/c1-13(5-8-22(30)31-4)16-6-7-17-23-18(12-21(29)25(16,17)3)24(2)14(10-19(23)27)9-15(26)11-20(24)28/h13-21,23,26-29H,5-12H2,1-4H3/t13-,14+,15+,16-,17+,18+,19-,20-,21+,23+,24+,25-/m1/s1. The Labute approximate surface area is 186 Å². The first-order valence-electron chi connectivity index (χ1n) is 12.3. The molecular weight excluding hydrogens is 396 g/mol. The van der Waals surface area contributed by atoms with Gasteiger partial charge in [-0.2, -0.15) is 0 Å². The van der Waals surface area contributed by atoms with Crippen molar-refractivity contribution in [2.24, 2.45) is 46.3 Å². The third-order valence-electron chi connectivity index (χ3n) is 10.6. The summed E-state index contributed by atoms with van der Waals surface area (Å²) in [6.07, 6.45) is 3.28. The number of hydrogen-bond donors (Lipinski definition) is 4. The number of hydrogen-bond acceptors (Lipinski definition) is 6. The van der Waals surface area contributed by atoms with Gasteiger partial charge in [-0.15, -0.1) is 0 Å². The van der Waals surface area contributed by atoms with Crippen LogP contribution in [-0.2, 0) is 9.53 Å². The second-order valence-electron chi connectivity index (χ2n) is 11.7. The van der Waals surface area contributed by atoms with Gasteiger partial charge in [0.2, 0.25) is 0 Å². The lowest BCUT2D eigenvalue weighted by Gasteiger charge is -2.64. The predicted octanol–water partition coefficient (Wildman–Crippen LogP) is 2.51. The molecule has 0 aromatic carbocycles. The molecule has 4 N–H and O–H groups in total. The van der Waals surface area contributed by atoms with E-state index >= 15 is 0 Å². The van der Waals surface area contributed by atoms with Gasteiger partial charge in [0.15, 0.2) is 0 Å². The second-order valence-corrected chi connectivity index (χ2v) is 11.7. The Hall–Kier alpha value is -0.690. The van der Waals surface area contributed by atoms with E-state index in [1.807, 2.05) is 0 Å². The summed E-state index contributed by atoms with van der Waals surface area (Å²) in [4.78, 5) is 11.7. The Morgan fingerprint density at radius 3 is 2.32 bits per heavy atom. The molecule has 0 aromatic rings. The maximum atomic E-state index is 11.7. The van der Waals surface area contributed by atoms with E-state index in [0.29, 0.717) is 43.9 Å². The highest BCUT2D eigenvalue weighted by Crippen LogP contribution is 2.68. The summed E-state index contributed by atoms with van der Waals surface area (Å²) in [5.41, 5.74) is -0.667. The summed E-state index contributed by atoms with van der Waals surface area (Å²) in [6, 6.07) is 0. The van der Waals surface area contributed by atoms with E-state index in [4.69, 9.17) is 4.74 Å². The molecule has 0 saturated heterocycles. The molecular formula is C25H42O6. The molecule has 4 rings (SSSR count). The zero-order valence-corrected chi connectivity index (χ0v) is 19.5. The molecule has 0 radical (unpaired) electrons. The van der Waals surface area contributed by atoms with Gasteiger partial charge in [0.25, 0.3) is 0 Å². The van der Waals surface area contributed by atoms with Crippen LogP contribution in [0, 0.1) is 46.3 Å². The molecule has 0 aliphatic heterocycles. The first-order valence-corrected chi connectivity index (χ1v) is 12.3. The van der Waals surface area contributed by atoms with Crippen molar-refractivity contribution >= 4 is 5.97 Å². The first kappa shape index (κ1) is 23.5. The van der Waals surface area contributed by atoms with E-state index in [1.165, 1.54) is 7.11 Å². The summed E-state index contributed by atoms with van der Waals surface area (Å²) >= 11 is 0. The molecule has 0 bridgehead atoms. The van der Waals surface area contributed by atoms with Gasteiger partial charge < -0.3 is 25.2 Å². The van der Waals surface area contributed by atoms with Gasteiger partial charge in [0.1, 0.15) is 0 Å². The van der Waals surface area contributed by atoms with Crippen LogP contribution < -0.4 is 0 Å². The van der Waals surface area contributed by atoms with Crippen LogP contribution in [-0.4, -0.2) is 57.9 Å². The van der Waals surface area contributed by atoms with E-state index in [0.717, 1.165) is 19.3 Å². The Bertz CT molecular complexity index is 683. The molecule has 0 aromatic heterocycles. The molecule has 12 atom stereocenters. The van der Waals surface area contributed by atoms with E-state index in [1.54, 1.807) is 0 Å². The van der Waals surface area contributed by atoms with Crippen molar-refractivity contribution in [3.05, 3.63) is 0 Å². The van der Waals surface area contributed by atoms with Gasteiger partial charge in [0, 0.05) is 6.42 Å². The van der Waals surface area contributed by atoms with Crippen molar-refractivity contribution in [1.29, 1.82) is 0 Å². The summed E-state index contributed by atoms with van der Waals surface area (Å²) in [5.74, 6) is 0.812. The van der Waals surface area contributed by atoms with Crippen LogP contribution in [0.15, 0.2) is 0 Å². The zero-order valence-electron chi connectivity index (χ0n) is 19.5. The number of rotatable bonds is 4. The molecule has 0 unspecified atom stereocenters. The van der Waals surface area contributed by atoms with Crippen molar-refractivity contribution in [2.45, 2.75) is 96.6 Å². The van der Waals surface area contributed by atoms with Crippen LogP contribution >= 0.6 is 0 Å². The first-order chi connectivity index (χ1) is 14.5. The summed E-state index contributed by atoms with van der Waals surface area (Å²) in [5, 5.41) is 44.2. The monoisotopic (exact) mass is 438 g/mol. The average Bonchev–Trinajstić information content (AvgIpc) is 3.07. The SMILES string of the molecule is COC(=O)CC[C@@H](C)[C@H]1CC[C@H]2[C@@H]3[C@H](O)C[C@@H]4C[C@H](O)C[C@@H](O)[C@]4(C)[C@H]3C[C@H](O)[C@]12C. The molecule has 0 amide bonds. The summed E-state index contributed by atoms with van der Waals surface area (Å²) < 4.78 is 4.82. The zero-order chi connectivity index (χ0) is 22.7. The van der Waals surface area contributed by atoms with E-state index in [2.05, 4.69) is 20.8 Å². The fourth-order valence-corrected chi connectivity index (χ4v) is 8.85. The van der Waals surface area contributed by atoms with Gasteiger partial charge in [-0.1, -0.05) is 20.8 Å². The Morgan fingerprint density at radius 2 is 1.65 bits per heavy atom. The van der Waals surface area contributed by atoms with Crippen molar-refractivity contribution in [2.75, 3.05) is 7.11 Å². The highest BCUT2D eigenvalue weighted by Gasteiger charge is 2.67. The van der Waals surface area contributed by atoms with Gasteiger partial charge in [-0.25, -0.2) is 0 Å². The quantitative estimate of drug-likeness (QED) is 0.503. The number of aliphatic hydroxyl groups is 4. The molecule has 0 spiro atoms. The number of carbonyl (C=O) groups excluding carboxylic acids is 1. The van der Waals surface area contributed by atoms with Gasteiger partial charge in [-0.05, 0) is 91.3 Å². The molecule has 6 heteroatoms. The molecule has 0 heterocycles. The maximum Gasteiger partial charge on any atom is 0.305 e. The van der Waals surface area contributed by atoms with Crippen molar-refractivity contribution in [1.82, 2.24) is 0 Å². The van der Waals surface area contributed by atoms with Gasteiger partial charge in [0.05, 0.1) is 31.5 Å². The number of ether oxygens (including phenoxy) is 1. The smallest absolute Gasteiger partial charge is 0.305 e. The Morgan fingerprint density at radius 1 is 0.968 bits per heavy atom. The number of esters is 1. The maximum absolute atomic E-state index is 11.7. The molecule has 178 valence electrons. The van der Waals surface area contributed by atoms with Crippen LogP contribution in [0.5, 0.6) is 0 Å². The highest BCUT2D eigenvalue weighted by molar-refractivity contribution is 5.69. The average molecular weight is 439 g/mol. The molecule has 6 nitrogen and oxygen atoms in total. The van der Waals surface area contributed by atoms with E-state index in [9.17, 15) is 25.2 Å². The van der Waals surface area contributed by atoms with Crippen LogP contribution in [0.25, 0.3) is 0 Å². The third kappa shape index (κ3) is 3.48. The third-order valence-corrected chi connectivity index (χ3v) is 10.6. The minimum atomic E-state index is -0.603. The molecule has 4 saturated carbocycles. The van der Waals surface area contributed by atoms with Crippen LogP contribution in [0.1, 0.15) is 72.1 Å². The number of methoxy groups -OCH3 is 1. The number of carbonyl (C=O) groups is 1. The lowest BCUT2D eigenvalue weighted by molar-refractivity contribution is -0.234. The van der Waals surface area contributed by atoms with E-state index < -0.39 is 24.4 Å². The summed E-state index contributed by atoms with van der Waals surface area (Å²) in [7, 11) is 1.42. The molecule has 4 aliphatic rings. The van der Waals surface area contributed by atoms with Crippen molar-refractivity contribution < 1.29 is 30.0 Å². The largest absolute Gasteiger partial charge is 0.469 e. The predicted molar refractivity (Wildman–Crippen MR) is 116 cm³/mol. The lowest BCUT2D eigenvalue weighted by atomic mass is 9.42. The number of aliphatic hydroxyl groups excluding tert-OH is 4. The Kier molecular flexibility index (Phi) is 6.26. The highest BCUT2D eigenvalue weighted by atomic mass is 16.5. The normalized spacial score (nSPS) is 52.6. The lowest BCUT2D eigenvalue weighted by Crippen LogP contribution is -2.65. The van der Waals surface area contributed by atoms with Gasteiger partial charge >= 0.3 is 5.97 Å². The van der Waals surface area contributed by atoms with Crippen LogP contribution in [0.4, 0.5) is 0 Å². The second kappa shape index (κ2) is 8.27. The number of fused-ring (bicyclic) bond motifs is 5. The van der Waals surface area contributed by atoms with Crippen LogP contribution in [0.2, 0.25) is 0 Å².